The standard InChI is InChI=1S/C11H17NO2/c1-13-11(14-2)10(12)8-9-6-4-3-5-7-9/h3-7,10-11H,8,12H2,1-2H3/t10-/m0/s1. The highest BCUT2D eigenvalue weighted by molar-refractivity contribution is 5.15. The second kappa shape index (κ2) is 5.75. The highest BCUT2D eigenvalue weighted by Crippen LogP contribution is 2.06. The molecule has 0 aliphatic rings. The predicted octanol–water partition coefficient (Wildman–Crippen LogP) is 1.18. The maximum atomic E-state index is 5.92. The lowest BCUT2D eigenvalue weighted by Gasteiger charge is -2.20. The van der Waals surface area contributed by atoms with Gasteiger partial charge in [-0.15, -0.1) is 0 Å². The molecular weight excluding hydrogens is 178 g/mol. The molecular formula is C11H17NO2. The first-order valence-electron chi connectivity index (χ1n) is 4.63. The Morgan fingerprint density at radius 2 is 1.71 bits per heavy atom. The van der Waals surface area contributed by atoms with Gasteiger partial charge in [-0.2, -0.15) is 0 Å². The fourth-order valence-electron chi connectivity index (χ4n) is 1.43. The highest BCUT2D eigenvalue weighted by atomic mass is 16.7. The Bertz CT molecular complexity index is 247. The van der Waals surface area contributed by atoms with Crippen LogP contribution < -0.4 is 5.73 Å². The maximum absolute atomic E-state index is 5.92. The van der Waals surface area contributed by atoms with E-state index in [1.165, 1.54) is 5.56 Å². The van der Waals surface area contributed by atoms with Gasteiger partial charge < -0.3 is 15.2 Å². The number of methoxy groups -OCH3 is 2. The van der Waals surface area contributed by atoms with Gasteiger partial charge in [0.15, 0.2) is 6.29 Å². The molecule has 1 atom stereocenters. The van der Waals surface area contributed by atoms with Crippen molar-refractivity contribution >= 4 is 0 Å². The quantitative estimate of drug-likeness (QED) is 0.717. The van der Waals surface area contributed by atoms with Gasteiger partial charge >= 0.3 is 0 Å². The number of hydrogen-bond acceptors (Lipinski definition) is 3. The molecule has 78 valence electrons. The first kappa shape index (κ1) is 11.2. The van der Waals surface area contributed by atoms with Crippen molar-refractivity contribution < 1.29 is 9.47 Å². The van der Waals surface area contributed by atoms with Crippen LogP contribution in [0.5, 0.6) is 0 Å². The van der Waals surface area contributed by atoms with Crippen LogP contribution in [-0.4, -0.2) is 26.6 Å². The van der Waals surface area contributed by atoms with Crippen molar-refractivity contribution in [3.8, 4) is 0 Å². The fraction of sp³-hybridized carbons (Fsp3) is 0.455. The van der Waals surface area contributed by atoms with E-state index >= 15 is 0 Å². The van der Waals surface area contributed by atoms with Crippen molar-refractivity contribution in [3.63, 3.8) is 0 Å². The molecule has 0 bridgehead atoms. The van der Waals surface area contributed by atoms with E-state index < -0.39 is 0 Å². The lowest BCUT2D eigenvalue weighted by molar-refractivity contribution is -0.115. The molecule has 14 heavy (non-hydrogen) atoms. The predicted molar refractivity (Wildman–Crippen MR) is 55.9 cm³/mol. The largest absolute Gasteiger partial charge is 0.354 e. The summed E-state index contributed by atoms with van der Waals surface area (Å²) in [7, 11) is 3.19. The van der Waals surface area contributed by atoms with Crippen LogP contribution in [-0.2, 0) is 15.9 Å². The third-order valence-electron chi connectivity index (χ3n) is 2.13. The van der Waals surface area contributed by atoms with Crippen LogP contribution in [0.25, 0.3) is 0 Å². The highest BCUT2D eigenvalue weighted by Gasteiger charge is 2.16. The van der Waals surface area contributed by atoms with Gasteiger partial charge in [-0.1, -0.05) is 30.3 Å². The molecule has 0 aliphatic heterocycles. The average molecular weight is 195 g/mol. The second-order valence-corrected chi connectivity index (χ2v) is 3.19. The number of rotatable bonds is 5. The molecule has 0 aromatic heterocycles. The first-order chi connectivity index (χ1) is 6.77. The van der Waals surface area contributed by atoms with Gasteiger partial charge in [-0.3, -0.25) is 0 Å². The van der Waals surface area contributed by atoms with Crippen molar-refractivity contribution in [2.24, 2.45) is 5.73 Å². The van der Waals surface area contributed by atoms with Crippen molar-refractivity contribution in [3.05, 3.63) is 35.9 Å². The zero-order chi connectivity index (χ0) is 10.4. The zero-order valence-electron chi connectivity index (χ0n) is 8.64. The Morgan fingerprint density at radius 3 is 2.21 bits per heavy atom. The van der Waals surface area contributed by atoms with Crippen molar-refractivity contribution in [2.75, 3.05) is 14.2 Å². The van der Waals surface area contributed by atoms with E-state index in [4.69, 9.17) is 15.2 Å². The van der Waals surface area contributed by atoms with Crippen molar-refractivity contribution in [1.82, 2.24) is 0 Å². The summed E-state index contributed by atoms with van der Waals surface area (Å²) in [6, 6.07) is 9.93. The minimum atomic E-state index is -0.338. The number of benzene rings is 1. The van der Waals surface area contributed by atoms with Crippen molar-refractivity contribution in [1.29, 1.82) is 0 Å². The van der Waals surface area contributed by atoms with E-state index in [1.54, 1.807) is 14.2 Å². The van der Waals surface area contributed by atoms with Gasteiger partial charge in [-0.25, -0.2) is 0 Å². The summed E-state index contributed by atoms with van der Waals surface area (Å²) in [6.45, 7) is 0. The van der Waals surface area contributed by atoms with Gasteiger partial charge in [0, 0.05) is 14.2 Å². The second-order valence-electron chi connectivity index (χ2n) is 3.19. The summed E-state index contributed by atoms with van der Waals surface area (Å²) >= 11 is 0. The van der Waals surface area contributed by atoms with Gasteiger partial charge in [0.05, 0.1) is 6.04 Å². The van der Waals surface area contributed by atoms with Crippen LogP contribution in [0.3, 0.4) is 0 Å². The summed E-state index contributed by atoms with van der Waals surface area (Å²) < 4.78 is 10.2. The minimum Gasteiger partial charge on any atom is -0.354 e. The molecule has 3 nitrogen and oxygen atoms in total. The molecule has 0 amide bonds. The Labute approximate surface area is 84.8 Å². The third kappa shape index (κ3) is 3.10. The van der Waals surface area contributed by atoms with E-state index in [2.05, 4.69) is 0 Å². The lowest BCUT2D eigenvalue weighted by Crippen LogP contribution is -2.39. The molecule has 2 N–H and O–H groups in total. The van der Waals surface area contributed by atoms with E-state index in [0.29, 0.717) is 0 Å². The number of ether oxygens (including phenoxy) is 2. The molecule has 0 saturated carbocycles. The molecule has 3 heteroatoms. The number of nitrogens with two attached hydrogens (primary N) is 1. The molecule has 0 aliphatic carbocycles. The summed E-state index contributed by atoms with van der Waals surface area (Å²) in [5.74, 6) is 0. The molecule has 0 spiro atoms. The summed E-state index contributed by atoms with van der Waals surface area (Å²) in [4.78, 5) is 0. The van der Waals surface area contributed by atoms with E-state index in [-0.39, 0.29) is 12.3 Å². The van der Waals surface area contributed by atoms with E-state index in [9.17, 15) is 0 Å². The zero-order valence-corrected chi connectivity index (χ0v) is 8.64. The molecule has 1 aromatic rings. The van der Waals surface area contributed by atoms with Crippen LogP contribution in [0.2, 0.25) is 0 Å². The molecule has 1 aromatic carbocycles. The summed E-state index contributed by atoms with van der Waals surface area (Å²) in [5.41, 5.74) is 7.11. The molecule has 0 fully saturated rings. The van der Waals surface area contributed by atoms with Crippen LogP contribution in [0.15, 0.2) is 30.3 Å². The van der Waals surface area contributed by atoms with Gasteiger partial charge in [-0.05, 0) is 12.0 Å². The van der Waals surface area contributed by atoms with E-state index in [1.807, 2.05) is 30.3 Å². The van der Waals surface area contributed by atoms with Crippen LogP contribution in [0.1, 0.15) is 5.56 Å². The maximum Gasteiger partial charge on any atom is 0.172 e. The topological polar surface area (TPSA) is 44.5 Å². The normalized spacial score (nSPS) is 13.1. The van der Waals surface area contributed by atoms with Gasteiger partial charge in [0.1, 0.15) is 0 Å². The molecule has 1 rings (SSSR count). The third-order valence-corrected chi connectivity index (χ3v) is 2.13. The Hall–Kier alpha value is -0.900. The molecule has 0 saturated heterocycles. The van der Waals surface area contributed by atoms with E-state index in [0.717, 1.165) is 6.42 Å². The first-order valence-corrected chi connectivity index (χ1v) is 4.63. The average Bonchev–Trinajstić information content (AvgIpc) is 2.21. The smallest absolute Gasteiger partial charge is 0.172 e. The monoisotopic (exact) mass is 195 g/mol. The molecule has 0 radical (unpaired) electrons. The Kier molecular flexibility index (Phi) is 4.59. The minimum absolute atomic E-state index is 0.132. The Balaban J connectivity index is 2.52. The summed E-state index contributed by atoms with van der Waals surface area (Å²) in [5, 5.41) is 0. The summed E-state index contributed by atoms with van der Waals surface area (Å²) in [6.07, 6.45) is 0.419. The Morgan fingerprint density at radius 1 is 1.14 bits per heavy atom. The fourth-order valence-corrected chi connectivity index (χ4v) is 1.43. The lowest BCUT2D eigenvalue weighted by atomic mass is 10.1. The van der Waals surface area contributed by atoms with Crippen molar-refractivity contribution in [2.45, 2.75) is 18.8 Å². The van der Waals surface area contributed by atoms with Gasteiger partial charge in [0.25, 0.3) is 0 Å². The molecule has 0 unspecified atom stereocenters. The number of hydrogen-bond donors (Lipinski definition) is 1. The van der Waals surface area contributed by atoms with Crippen LogP contribution >= 0.6 is 0 Å². The van der Waals surface area contributed by atoms with Gasteiger partial charge in [0.2, 0.25) is 0 Å². The van der Waals surface area contributed by atoms with Crippen LogP contribution in [0, 0.1) is 0 Å². The molecule has 0 heterocycles. The van der Waals surface area contributed by atoms with Crippen LogP contribution in [0.4, 0.5) is 0 Å². The SMILES string of the molecule is COC(OC)[C@@H](N)Cc1ccccc1.